The maximum absolute atomic E-state index is 13.3. The lowest BCUT2D eigenvalue weighted by Crippen LogP contribution is -2.51. The van der Waals surface area contributed by atoms with Crippen molar-refractivity contribution in [3.05, 3.63) is 28.8 Å². The van der Waals surface area contributed by atoms with Gasteiger partial charge in [-0.05, 0) is 38.0 Å². The number of likely N-dealkylation sites (N-methyl/N-ethyl adjacent to an activating group) is 1. The second kappa shape index (κ2) is 5.95. The first kappa shape index (κ1) is 16.3. The molecule has 1 saturated heterocycles. The molecule has 2 aliphatic heterocycles. The summed E-state index contributed by atoms with van der Waals surface area (Å²) in [5, 5.41) is 0.611. The van der Waals surface area contributed by atoms with Crippen molar-refractivity contribution in [3.63, 3.8) is 0 Å². The molecule has 1 aromatic rings. The summed E-state index contributed by atoms with van der Waals surface area (Å²) in [5.74, 6) is 1.02. The SMILES string of the molecule is CCN1C(=O)C2(SCCN2C(=O)C2CCCC2)c2cc(Cl)ccc21. The van der Waals surface area contributed by atoms with E-state index < -0.39 is 4.87 Å². The maximum Gasteiger partial charge on any atom is 0.268 e. The topological polar surface area (TPSA) is 40.6 Å². The van der Waals surface area contributed by atoms with Crippen molar-refractivity contribution < 1.29 is 9.59 Å². The Morgan fingerprint density at radius 2 is 2.12 bits per heavy atom. The van der Waals surface area contributed by atoms with Gasteiger partial charge in [0.25, 0.3) is 5.91 Å². The van der Waals surface area contributed by atoms with Crippen molar-refractivity contribution in [3.8, 4) is 0 Å². The number of halogens is 1. The summed E-state index contributed by atoms with van der Waals surface area (Å²) in [4.78, 5) is 29.2. The monoisotopic (exact) mass is 364 g/mol. The van der Waals surface area contributed by atoms with Crippen molar-refractivity contribution in [2.75, 3.05) is 23.7 Å². The lowest BCUT2D eigenvalue weighted by Gasteiger charge is -2.34. The fourth-order valence-corrected chi connectivity index (χ4v) is 5.95. The van der Waals surface area contributed by atoms with Crippen LogP contribution in [0.25, 0.3) is 0 Å². The number of hydrogen-bond donors (Lipinski definition) is 0. The van der Waals surface area contributed by atoms with E-state index in [0.29, 0.717) is 18.1 Å². The predicted octanol–water partition coefficient (Wildman–Crippen LogP) is 3.62. The van der Waals surface area contributed by atoms with Gasteiger partial charge >= 0.3 is 0 Å². The third-order valence-electron chi connectivity index (χ3n) is 5.44. The van der Waals surface area contributed by atoms with Crippen LogP contribution in [0.5, 0.6) is 0 Å². The highest BCUT2D eigenvalue weighted by molar-refractivity contribution is 8.01. The number of amides is 2. The van der Waals surface area contributed by atoms with E-state index in [9.17, 15) is 9.59 Å². The van der Waals surface area contributed by atoms with E-state index in [1.807, 2.05) is 30.0 Å². The molecule has 24 heavy (non-hydrogen) atoms. The van der Waals surface area contributed by atoms with E-state index in [0.717, 1.165) is 42.7 Å². The zero-order valence-electron chi connectivity index (χ0n) is 13.8. The van der Waals surface area contributed by atoms with Crippen LogP contribution in [0.1, 0.15) is 38.2 Å². The minimum atomic E-state index is -0.907. The average Bonchev–Trinajstić information content (AvgIpc) is 3.29. The fourth-order valence-electron chi connectivity index (χ4n) is 4.32. The van der Waals surface area contributed by atoms with Crippen LogP contribution in [0, 0.1) is 5.92 Å². The summed E-state index contributed by atoms with van der Waals surface area (Å²) in [7, 11) is 0. The van der Waals surface area contributed by atoms with E-state index in [4.69, 9.17) is 11.6 Å². The van der Waals surface area contributed by atoms with E-state index in [1.165, 1.54) is 0 Å². The first-order valence-corrected chi connectivity index (χ1v) is 10.0. The van der Waals surface area contributed by atoms with Gasteiger partial charge in [0.15, 0.2) is 4.87 Å². The Bertz CT molecular complexity index is 704. The number of anilines is 1. The summed E-state index contributed by atoms with van der Waals surface area (Å²) in [5.41, 5.74) is 1.78. The average molecular weight is 365 g/mol. The quantitative estimate of drug-likeness (QED) is 0.804. The van der Waals surface area contributed by atoms with Crippen LogP contribution in [0.15, 0.2) is 18.2 Å². The molecule has 0 aromatic heterocycles. The van der Waals surface area contributed by atoms with Crippen LogP contribution in [-0.2, 0) is 14.5 Å². The smallest absolute Gasteiger partial charge is 0.268 e. The van der Waals surface area contributed by atoms with E-state index >= 15 is 0 Å². The van der Waals surface area contributed by atoms with Crippen LogP contribution in [0.3, 0.4) is 0 Å². The Hall–Kier alpha value is -1.20. The van der Waals surface area contributed by atoms with Gasteiger partial charge in [0, 0.05) is 35.3 Å². The molecule has 128 valence electrons. The lowest BCUT2D eigenvalue weighted by molar-refractivity contribution is -0.143. The summed E-state index contributed by atoms with van der Waals surface area (Å²) in [6.07, 6.45) is 4.12. The van der Waals surface area contributed by atoms with E-state index in [-0.39, 0.29) is 17.7 Å². The molecule has 2 amide bonds. The molecule has 6 heteroatoms. The highest BCUT2D eigenvalue weighted by atomic mass is 35.5. The highest BCUT2D eigenvalue weighted by Crippen LogP contribution is 2.55. The summed E-state index contributed by atoms with van der Waals surface area (Å²) >= 11 is 7.82. The predicted molar refractivity (Wildman–Crippen MR) is 97.3 cm³/mol. The fraction of sp³-hybridized carbons (Fsp3) is 0.556. The molecule has 0 radical (unpaired) electrons. The van der Waals surface area contributed by atoms with E-state index in [1.54, 1.807) is 16.7 Å². The van der Waals surface area contributed by atoms with Crippen molar-refractivity contribution in [2.24, 2.45) is 5.92 Å². The van der Waals surface area contributed by atoms with Gasteiger partial charge in [0.1, 0.15) is 0 Å². The highest BCUT2D eigenvalue weighted by Gasteiger charge is 2.59. The molecule has 0 bridgehead atoms. The second-order valence-electron chi connectivity index (χ2n) is 6.67. The third kappa shape index (κ3) is 2.14. The Morgan fingerprint density at radius 3 is 2.83 bits per heavy atom. The molecule has 1 spiro atoms. The summed E-state index contributed by atoms with van der Waals surface area (Å²) in [6, 6.07) is 5.60. The van der Waals surface area contributed by atoms with Crippen LogP contribution in [0.2, 0.25) is 5.02 Å². The third-order valence-corrected chi connectivity index (χ3v) is 7.10. The molecule has 1 unspecified atom stereocenters. The van der Waals surface area contributed by atoms with Gasteiger partial charge in [0.2, 0.25) is 5.91 Å². The lowest BCUT2D eigenvalue weighted by atomic mass is 10.0. The van der Waals surface area contributed by atoms with Crippen molar-refractivity contribution in [1.82, 2.24) is 4.90 Å². The number of rotatable bonds is 2. The molecular formula is C18H21ClN2O2S. The number of hydrogen-bond acceptors (Lipinski definition) is 3. The summed E-state index contributed by atoms with van der Waals surface area (Å²) in [6.45, 7) is 3.20. The Kier molecular flexibility index (Phi) is 4.04. The zero-order valence-corrected chi connectivity index (χ0v) is 15.3. The van der Waals surface area contributed by atoms with Crippen molar-refractivity contribution in [2.45, 2.75) is 37.5 Å². The molecule has 0 N–H and O–H groups in total. The van der Waals surface area contributed by atoms with Gasteiger partial charge in [-0.25, -0.2) is 0 Å². The number of fused-ring (bicyclic) bond motifs is 2. The zero-order chi connectivity index (χ0) is 16.9. The Labute approximate surface area is 151 Å². The van der Waals surface area contributed by atoms with Gasteiger partial charge in [-0.3, -0.25) is 9.59 Å². The van der Waals surface area contributed by atoms with Crippen LogP contribution in [-0.4, -0.2) is 35.6 Å². The summed E-state index contributed by atoms with van der Waals surface area (Å²) < 4.78 is 0. The number of carbonyl (C=O) groups excluding carboxylic acids is 2. The minimum absolute atomic E-state index is 0.0103. The van der Waals surface area contributed by atoms with Crippen LogP contribution >= 0.6 is 23.4 Å². The Morgan fingerprint density at radius 1 is 1.38 bits per heavy atom. The normalized spacial score (nSPS) is 26.7. The first-order valence-electron chi connectivity index (χ1n) is 8.67. The number of nitrogens with zero attached hydrogens (tertiary/aromatic N) is 2. The minimum Gasteiger partial charge on any atom is -0.315 e. The van der Waals surface area contributed by atoms with Gasteiger partial charge in [-0.2, -0.15) is 0 Å². The van der Waals surface area contributed by atoms with Gasteiger partial charge in [0.05, 0.1) is 5.69 Å². The van der Waals surface area contributed by atoms with Crippen molar-refractivity contribution in [1.29, 1.82) is 0 Å². The molecule has 3 aliphatic rings. The van der Waals surface area contributed by atoms with Crippen molar-refractivity contribution >= 4 is 40.9 Å². The second-order valence-corrected chi connectivity index (χ2v) is 8.40. The molecule has 1 saturated carbocycles. The molecule has 2 fully saturated rings. The van der Waals surface area contributed by atoms with Gasteiger partial charge in [-0.15, -0.1) is 11.8 Å². The molecule has 1 atom stereocenters. The van der Waals surface area contributed by atoms with Crippen LogP contribution < -0.4 is 4.90 Å². The number of thioether (sulfide) groups is 1. The van der Waals surface area contributed by atoms with Gasteiger partial charge in [-0.1, -0.05) is 24.4 Å². The molecule has 1 aromatic carbocycles. The van der Waals surface area contributed by atoms with E-state index in [2.05, 4.69) is 0 Å². The molecule has 1 aliphatic carbocycles. The molecule has 2 heterocycles. The molecular weight excluding hydrogens is 344 g/mol. The first-order chi connectivity index (χ1) is 11.6. The molecule has 4 rings (SSSR count). The maximum atomic E-state index is 13.3. The molecule has 4 nitrogen and oxygen atoms in total. The van der Waals surface area contributed by atoms with Crippen LogP contribution in [0.4, 0.5) is 5.69 Å². The van der Waals surface area contributed by atoms with Gasteiger partial charge < -0.3 is 9.80 Å². The Balaban J connectivity index is 1.81. The standard InChI is InChI=1S/C18H21ClN2O2S/c1-2-20-15-8-7-13(19)11-14(15)18(17(20)23)21(9-10-24-18)16(22)12-5-3-4-6-12/h7-8,11-12H,2-6,9-10H2,1H3. The largest absolute Gasteiger partial charge is 0.315 e. The number of carbonyl (C=O) groups is 2. The number of benzene rings is 1.